The second-order valence-electron chi connectivity index (χ2n) is 2.70. The van der Waals surface area contributed by atoms with E-state index in [2.05, 4.69) is 4.74 Å². The van der Waals surface area contributed by atoms with Gasteiger partial charge in [0.15, 0.2) is 0 Å². The van der Waals surface area contributed by atoms with Crippen LogP contribution in [0, 0.1) is 17.1 Å². The molecule has 0 heterocycles. The molecule has 0 aromatic heterocycles. The molecule has 0 saturated heterocycles. The van der Waals surface area contributed by atoms with E-state index >= 15 is 0 Å². The molecule has 15 heavy (non-hydrogen) atoms. The molecule has 0 amide bonds. The number of hydrogen-bond acceptors (Lipinski definition) is 3. The van der Waals surface area contributed by atoms with Crippen LogP contribution >= 0.6 is 0 Å². The zero-order chi connectivity index (χ0) is 11.3. The standard InChI is InChI=1S/C11H8FNO2/c1-15-11(14)5-3-8-2-4-10(12)6-9(8)7-13/h2-6H,1H3/b5-3+. The van der Waals surface area contributed by atoms with Gasteiger partial charge in [0, 0.05) is 6.08 Å². The highest BCUT2D eigenvalue weighted by atomic mass is 19.1. The minimum Gasteiger partial charge on any atom is -0.466 e. The highest BCUT2D eigenvalue weighted by Gasteiger charge is 2.01. The molecule has 0 bridgehead atoms. The van der Waals surface area contributed by atoms with Crippen molar-refractivity contribution in [3.63, 3.8) is 0 Å². The quantitative estimate of drug-likeness (QED) is 0.547. The van der Waals surface area contributed by atoms with Crippen LogP contribution in [0.3, 0.4) is 0 Å². The van der Waals surface area contributed by atoms with Crippen LogP contribution in [0.1, 0.15) is 11.1 Å². The van der Waals surface area contributed by atoms with Crippen LogP contribution in [0.5, 0.6) is 0 Å². The van der Waals surface area contributed by atoms with Crippen LogP contribution in [0.25, 0.3) is 6.08 Å². The van der Waals surface area contributed by atoms with Gasteiger partial charge in [-0.1, -0.05) is 6.07 Å². The van der Waals surface area contributed by atoms with Crippen molar-refractivity contribution in [2.75, 3.05) is 7.11 Å². The van der Waals surface area contributed by atoms with Crippen LogP contribution in [0.2, 0.25) is 0 Å². The minimum absolute atomic E-state index is 0.176. The fraction of sp³-hybridized carbons (Fsp3) is 0.0909. The molecule has 0 aliphatic carbocycles. The zero-order valence-electron chi connectivity index (χ0n) is 8.03. The number of nitrogens with zero attached hydrogens (tertiary/aromatic N) is 1. The Balaban J connectivity index is 3.01. The summed E-state index contributed by atoms with van der Waals surface area (Å²) in [6, 6.07) is 5.59. The lowest BCUT2D eigenvalue weighted by atomic mass is 10.1. The average molecular weight is 205 g/mol. The summed E-state index contributed by atoms with van der Waals surface area (Å²) in [4.78, 5) is 10.8. The Kier molecular flexibility index (Phi) is 3.58. The van der Waals surface area contributed by atoms with E-state index in [1.807, 2.05) is 6.07 Å². The van der Waals surface area contributed by atoms with Crippen molar-refractivity contribution < 1.29 is 13.9 Å². The van der Waals surface area contributed by atoms with E-state index in [9.17, 15) is 9.18 Å². The summed E-state index contributed by atoms with van der Waals surface area (Å²) in [6.07, 6.45) is 2.58. The first-order valence-corrected chi connectivity index (χ1v) is 4.13. The van der Waals surface area contributed by atoms with E-state index in [1.54, 1.807) is 0 Å². The van der Waals surface area contributed by atoms with Crippen molar-refractivity contribution in [2.45, 2.75) is 0 Å². The first-order chi connectivity index (χ1) is 7.17. The van der Waals surface area contributed by atoms with Crippen molar-refractivity contribution in [1.29, 1.82) is 5.26 Å². The van der Waals surface area contributed by atoms with Gasteiger partial charge < -0.3 is 4.74 Å². The minimum atomic E-state index is -0.525. The molecule has 0 radical (unpaired) electrons. The Bertz CT molecular complexity index is 446. The van der Waals surface area contributed by atoms with E-state index in [0.29, 0.717) is 5.56 Å². The average Bonchev–Trinajstić information content (AvgIpc) is 2.26. The topological polar surface area (TPSA) is 50.1 Å². The number of carbonyl (C=O) groups excluding carboxylic acids is 1. The van der Waals surface area contributed by atoms with Crippen molar-refractivity contribution >= 4 is 12.0 Å². The number of halogens is 1. The molecule has 0 saturated carbocycles. The molecular weight excluding hydrogens is 197 g/mol. The van der Waals surface area contributed by atoms with Gasteiger partial charge >= 0.3 is 5.97 Å². The summed E-state index contributed by atoms with van der Waals surface area (Å²) in [5.74, 6) is -1.01. The van der Waals surface area contributed by atoms with Gasteiger partial charge in [-0.25, -0.2) is 9.18 Å². The first-order valence-electron chi connectivity index (χ1n) is 4.13. The highest BCUT2D eigenvalue weighted by molar-refractivity contribution is 5.87. The number of hydrogen-bond donors (Lipinski definition) is 0. The van der Waals surface area contributed by atoms with Crippen molar-refractivity contribution in [3.8, 4) is 6.07 Å². The van der Waals surface area contributed by atoms with Crippen LogP contribution in [-0.2, 0) is 9.53 Å². The van der Waals surface area contributed by atoms with Crippen LogP contribution in [0.4, 0.5) is 4.39 Å². The molecule has 0 aliphatic rings. The third-order valence-corrected chi connectivity index (χ3v) is 1.74. The summed E-state index contributed by atoms with van der Waals surface area (Å²) in [6.45, 7) is 0. The smallest absolute Gasteiger partial charge is 0.330 e. The normalized spacial score (nSPS) is 9.93. The fourth-order valence-electron chi connectivity index (χ4n) is 0.997. The molecule has 1 aromatic rings. The molecule has 1 aromatic carbocycles. The van der Waals surface area contributed by atoms with E-state index in [1.165, 1.54) is 31.4 Å². The van der Waals surface area contributed by atoms with Gasteiger partial charge in [0.05, 0.1) is 18.7 Å². The third-order valence-electron chi connectivity index (χ3n) is 1.74. The van der Waals surface area contributed by atoms with Crippen molar-refractivity contribution in [3.05, 3.63) is 41.2 Å². The molecule has 0 atom stereocenters. The lowest BCUT2D eigenvalue weighted by Crippen LogP contribution is -1.94. The van der Waals surface area contributed by atoms with Crippen molar-refractivity contribution in [1.82, 2.24) is 0 Å². The second kappa shape index (κ2) is 4.91. The monoisotopic (exact) mass is 205 g/mol. The zero-order valence-corrected chi connectivity index (χ0v) is 8.03. The molecule has 3 nitrogen and oxygen atoms in total. The number of rotatable bonds is 2. The largest absolute Gasteiger partial charge is 0.466 e. The van der Waals surface area contributed by atoms with Gasteiger partial charge in [-0.2, -0.15) is 5.26 Å². The number of nitriles is 1. The molecular formula is C11H8FNO2. The lowest BCUT2D eigenvalue weighted by molar-refractivity contribution is -0.134. The Labute approximate surface area is 86.4 Å². The van der Waals surface area contributed by atoms with E-state index < -0.39 is 11.8 Å². The Morgan fingerprint density at radius 2 is 2.33 bits per heavy atom. The predicted molar refractivity (Wildman–Crippen MR) is 52.2 cm³/mol. The third kappa shape index (κ3) is 2.92. The van der Waals surface area contributed by atoms with Crippen molar-refractivity contribution in [2.24, 2.45) is 0 Å². The Morgan fingerprint density at radius 3 is 2.93 bits per heavy atom. The molecule has 0 N–H and O–H groups in total. The maximum Gasteiger partial charge on any atom is 0.330 e. The molecule has 4 heteroatoms. The van der Waals surface area contributed by atoms with Gasteiger partial charge in [-0.3, -0.25) is 0 Å². The molecule has 76 valence electrons. The summed E-state index contributed by atoms with van der Waals surface area (Å²) in [5, 5.41) is 8.70. The summed E-state index contributed by atoms with van der Waals surface area (Å²) in [7, 11) is 1.25. The lowest BCUT2D eigenvalue weighted by Gasteiger charge is -1.97. The van der Waals surface area contributed by atoms with Gasteiger partial charge in [0.25, 0.3) is 0 Å². The molecule has 1 rings (SSSR count). The summed E-state index contributed by atoms with van der Waals surface area (Å²) < 4.78 is 17.1. The van der Waals surface area contributed by atoms with Crippen LogP contribution < -0.4 is 0 Å². The van der Waals surface area contributed by atoms with Gasteiger partial charge in [-0.15, -0.1) is 0 Å². The number of carbonyl (C=O) groups is 1. The SMILES string of the molecule is COC(=O)/C=C/c1ccc(F)cc1C#N. The molecule has 0 unspecified atom stereocenters. The summed E-state index contributed by atoms with van der Waals surface area (Å²) >= 11 is 0. The maximum atomic E-state index is 12.7. The Hall–Kier alpha value is -2.15. The number of esters is 1. The maximum absolute atomic E-state index is 12.7. The first kappa shape index (κ1) is 10.9. The van der Waals surface area contributed by atoms with E-state index in [-0.39, 0.29) is 5.56 Å². The second-order valence-corrected chi connectivity index (χ2v) is 2.70. The number of methoxy groups -OCH3 is 1. The number of benzene rings is 1. The van der Waals surface area contributed by atoms with E-state index in [4.69, 9.17) is 5.26 Å². The Morgan fingerprint density at radius 1 is 1.60 bits per heavy atom. The van der Waals surface area contributed by atoms with Crippen LogP contribution in [-0.4, -0.2) is 13.1 Å². The van der Waals surface area contributed by atoms with E-state index in [0.717, 1.165) is 6.07 Å². The molecule has 0 spiro atoms. The van der Waals surface area contributed by atoms with Gasteiger partial charge in [0.2, 0.25) is 0 Å². The highest BCUT2D eigenvalue weighted by Crippen LogP contribution is 2.11. The molecule has 0 aliphatic heterocycles. The molecule has 0 fully saturated rings. The predicted octanol–water partition coefficient (Wildman–Crippen LogP) is 1.88. The fourth-order valence-corrected chi connectivity index (χ4v) is 0.997. The summed E-state index contributed by atoms with van der Waals surface area (Å²) in [5.41, 5.74) is 0.652. The van der Waals surface area contributed by atoms with Crippen LogP contribution in [0.15, 0.2) is 24.3 Å². The number of ether oxygens (including phenoxy) is 1. The van der Waals surface area contributed by atoms with Gasteiger partial charge in [-0.05, 0) is 23.8 Å². The van der Waals surface area contributed by atoms with Gasteiger partial charge in [0.1, 0.15) is 5.82 Å².